The van der Waals surface area contributed by atoms with E-state index in [2.05, 4.69) is 5.32 Å². The van der Waals surface area contributed by atoms with Crippen molar-refractivity contribution in [2.45, 2.75) is 64.0 Å². The monoisotopic (exact) mass is 406 g/mol. The molecule has 2 aliphatic rings. The maximum Gasteiger partial charge on any atom is 0.222 e. The van der Waals surface area contributed by atoms with Crippen molar-refractivity contribution in [2.75, 3.05) is 26.3 Å². The number of epoxide rings is 1. The van der Waals surface area contributed by atoms with Crippen LogP contribution in [0.5, 0.6) is 5.75 Å². The molecule has 1 saturated heterocycles. The molecule has 6 nitrogen and oxygen atoms in total. The average Bonchev–Trinajstić information content (AvgIpc) is 3.50. The number of hydrogen-bond acceptors (Lipinski definition) is 4. The van der Waals surface area contributed by atoms with Crippen LogP contribution >= 0.6 is 0 Å². The van der Waals surface area contributed by atoms with Crippen LogP contribution in [0.25, 0.3) is 0 Å². The Kier molecular flexibility index (Phi) is 7.86. The fourth-order valence-electron chi connectivity index (χ4n) is 3.70. The van der Waals surface area contributed by atoms with Crippen LogP contribution in [0.1, 0.15) is 51.0 Å². The number of ether oxygens (including phenoxy) is 2. The minimum atomic E-state index is -0.350. The zero-order chi connectivity index (χ0) is 20.6. The number of carbonyl (C=O) groups excluding carboxylic acids is 2. The number of nitrogens with zero attached hydrogens (tertiary/aromatic N) is 1. The van der Waals surface area contributed by atoms with E-state index in [1.54, 1.807) is 0 Å². The second kappa shape index (κ2) is 10.6. The zero-order valence-electron chi connectivity index (χ0n) is 17.1. The molecule has 2 bridgehead atoms. The largest absolute Gasteiger partial charge is 0.493 e. The summed E-state index contributed by atoms with van der Waals surface area (Å²) in [6.45, 7) is 4.52. The molecule has 29 heavy (non-hydrogen) atoms. The lowest BCUT2D eigenvalue weighted by atomic mass is 10.0. The molecule has 0 aliphatic carbocycles. The van der Waals surface area contributed by atoms with Gasteiger partial charge in [0, 0.05) is 32.0 Å². The number of benzene rings is 1. The molecule has 0 aromatic heterocycles. The Hall–Kier alpha value is -2.15. The summed E-state index contributed by atoms with van der Waals surface area (Å²) < 4.78 is 25.2. The second-order valence-electron chi connectivity index (χ2n) is 7.84. The second-order valence-corrected chi connectivity index (χ2v) is 7.84. The first-order valence-electron chi connectivity index (χ1n) is 10.7. The van der Waals surface area contributed by atoms with Gasteiger partial charge < -0.3 is 19.7 Å². The summed E-state index contributed by atoms with van der Waals surface area (Å²) >= 11 is 0. The Morgan fingerprint density at radius 2 is 2.00 bits per heavy atom. The van der Waals surface area contributed by atoms with Crippen molar-refractivity contribution in [3.05, 3.63) is 29.6 Å². The van der Waals surface area contributed by atoms with Crippen molar-refractivity contribution in [1.29, 1.82) is 0 Å². The minimum absolute atomic E-state index is 0.0460. The van der Waals surface area contributed by atoms with Crippen LogP contribution in [0.4, 0.5) is 4.39 Å². The number of amides is 2. The van der Waals surface area contributed by atoms with E-state index < -0.39 is 0 Å². The first-order chi connectivity index (χ1) is 14.0. The third kappa shape index (κ3) is 6.99. The van der Waals surface area contributed by atoms with Crippen molar-refractivity contribution >= 4 is 11.8 Å². The Labute approximate surface area is 171 Å². The van der Waals surface area contributed by atoms with Crippen molar-refractivity contribution in [3.8, 4) is 5.75 Å². The van der Waals surface area contributed by atoms with E-state index in [-0.39, 0.29) is 29.8 Å². The van der Waals surface area contributed by atoms with E-state index in [0.29, 0.717) is 51.2 Å². The van der Waals surface area contributed by atoms with Gasteiger partial charge in [-0.2, -0.15) is 0 Å². The highest BCUT2D eigenvalue weighted by Gasteiger charge is 2.34. The molecule has 0 spiro atoms. The first kappa shape index (κ1) is 21.6. The van der Waals surface area contributed by atoms with Crippen LogP contribution in [0, 0.1) is 5.82 Å². The minimum Gasteiger partial charge on any atom is -0.493 e. The molecular weight excluding hydrogens is 375 g/mol. The predicted octanol–water partition coefficient (Wildman–Crippen LogP) is 2.83. The molecule has 0 radical (unpaired) electrons. The summed E-state index contributed by atoms with van der Waals surface area (Å²) in [7, 11) is 0. The molecule has 2 heterocycles. The Morgan fingerprint density at radius 3 is 2.76 bits per heavy atom. The van der Waals surface area contributed by atoms with Crippen LogP contribution in [-0.2, 0) is 20.7 Å². The molecule has 0 unspecified atom stereocenters. The van der Waals surface area contributed by atoms with Gasteiger partial charge in [0.05, 0.1) is 19.3 Å². The van der Waals surface area contributed by atoms with Crippen LogP contribution in [0.3, 0.4) is 0 Å². The smallest absolute Gasteiger partial charge is 0.222 e. The quantitative estimate of drug-likeness (QED) is 0.784. The highest BCUT2D eigenvalue weighted by atomic mass is 19.1. The molecule has 0 saturated carbocycles. The first-order valence-corrected chi connectivity index (χ1v) is 10.7. The van der Waals surface area contributed by atoms with E-state index >= 15 is 0 Å². The summed E-state index contributed by atoms with van der Waals surface area (Å²) in [6, 6.07) is 4.48. The van der Waals surface area contributed by atoms with Gasteiger partial charge in [0.1, 0.15) is 17.7 Å². The van der Waals surface area contributed by atoms with Crippen LogP contribution in [-0.4, -0.2) is 55.2 Å². The molecule has 1 aromatic carbocycles. The van der Waals surface area contributed by atoms with E-state index in [0.717, 1.165) is 31.4 Å². The fourth-order valence-corrected chi connectivity index (χ4v) is 3.70. The molecule has 2 amide bonds. The maximum atomic E-state index is 14.1. The summed E-state index contributed by atoms with van der Waals surface area (Å²) in [5.74, 6) is 0.141. The van der Waals surface area contributed by atoms with E-state index in [4.69, 9.17) is 9.47 Å². The van der Waals surface area contributed by atoms with E-state index in [1.807, 2.05) is 17.9 Å². The number of rotatable bonds is 3. The van der Waals surface area contributed by atoms with Gasteiger partial charge in [0.25, 0.3) is 0 Å². The summed E-state index contributed by atoms with van der Waals surface area (Å²) in [4.78, 5) is 26.8. The number of nitrogens with one attached hydrogen (secondary N) is 1. The number of halogens is 1. The van der Waals surface area contributed by atoms with Crippen molar-refractivity contribution in [3.63, 3.8) is 0 Å². The third-order valence-corrected chi connectivity index (χ3v) is 5.27. The SMILES string of the molecule is CCCN1CCCCOc2cc(F)cc(c2)C[C@@H]([C@H]2CO2)NC(=O)CCCC1=O. The van der Waals surface area contributed by atoms with Crippen LogP contribution in [0.2, 0.25) is 0 Å². The average molecular weight is 406 g/mol. The summed E-state index contributed by atoms with van der Waals surface area (Å²) in [5, 5.41) is 3.00. The molecule has 1 fully saturated rings. The number of carbonyl (C=O) groups is 2. The number of hydrogen-bond donors (Lipinski definition) is 1. The van der Waals surface area contributed by atoms with Gasteiger partial charge in [-0.05, 0) is 49.8 Å². The van der Waals surface area contributed by atoms with E-state index in [9.17, 15) is 14.0 Å². The lowest BCUT2D eigenvalue weighted by molar-refractivity contribution is -0.131. The van der Waals surface area contributed by atoms with Crippen molar-refractivity contribution in [2.24, 2.45) is 0 Å². The molecule has 3 rings (SSSR count). The third-order valence-electron chi connectivity index (χ3n) is 5.27. The number of fused-ring (bicyclic) bond motifs is 2. The highest BCUT2D eigenvalue weighted by molar-refractivity contribution is 5.79. The van der Waals surface area contributed by atoms with Gasteiger partial charge in [-0.3, -0.25) is 9.59 Å². The fraction of sp³-hybridized carbons (Fsp3) is 0.636. The van der Waals surface area contributed by atoms with Gasteiger partial charge >= 0.3 is 0 Å². The molecule has 2 atom stereocenters. The normalized spacial score (nSPS) is 24.4. The predicted molar refractivity (Wildman–Crippen MR) is 107 cm³/mol. The molecule has 1 aromatic rings. The summed E-state index contributed by atoms with van der Waals surface area (Å²) in [6.07, 6.45) is 4.15. The van der Waals surface area contributed by atoms with Crippen molar-refractivity contribution < 1.29 is 23.5 Å². The topological polar surface area (TPSA) is 71.2 Å². The van der Waals surface area contributed by atoms with Gasteiger partial charge in [0.15, 0.2) is 0 Å². The van der Waals surface area contributed by atoms with Gasteiger partial charge in [-0.25, -0.2) is 4.39 Å². The lowest BCUT2D eigenvalue weighted by Gasteiger charge is -2.22. The standard InChI is InChI=1S/C22H31FN2O4/c1-2-8-25-9-3-4-10-28-18-12-16(11-17(23)14-18)13-19(20-15-29-20)24-21(26)6-5-7-22(25)27/h11-12,14,19-20H,2-10,13,15H2,1H3,(H,24,26)/t19-,20+/m0/s1. The van der Waals surface area contributed by atoms with Gasteiger partial charge in [-0.15, -0.1) is 0 Å². The van der Waals surface area contributed by atoms with Crippen LogP contribution in [0.15, 0.2) is 18.2 Å². The van der Waals surface area contributed by atoms with E-state index in [1.165, 1.54) is 12.1 Å². The molecule has 160 valence electrons. The van der Waals surface area contributed by atoms with Crippen LogP contribution < -0.4 is 10.1 Å². The molecular formula is C22H31FN2O4. The Balaban J connectivity index is 1.71. The molecule has 7 heteroatoms. The van der Waals surface area contributed by atoms with Gasteiger partial charge in [0.2, 0.25) is 11.8 Å². The van der Waals surface area contributed by atoms with Gasteiger partial charge in [-0.1, -0.05) is 6.92 Å². The Bertz CT molecular complexity index is 708. The summed E-state index contributed by atoms with van der Waals surface area (Å²) in [5.41, 5.74) is 0.773. The van der Waals surface area contributed by atoms with Crippen molar-refractivity contribution in [1.82, 2.24) is 10.2 Å². The Morgan fingerprint density at radius 1 is 1.17 bits per heavy atom. The lowest BCUT2D eigenvalue weighted by Crippen LogP contribution is -2.40. The highest BCUT2D eigenvalue weighted by Crippen LogP contribution is 2.23. The zero-order valence-corrected chi connectivity index (χ0v) is 17.1. The molecule has 2 aliphatic heterocycles. The molecule has 1 N–H and O–H groups in total. The maximum absolute atomic E-state index is 14.1.